The van der Waals surface area contributed by atoms with Gasteiger partial charge < -0.3 is 11.5 Å². The quantitative estimate of drug-likeness (QED) is 0.660. The molecule has 0 saturated heterocycles. The normalized spacial score (nSPS) is 11.6. The highest BCUT2D eigenvalue weighted by molar-refractivity contribution is 7.89. The third-order valence-electron chi connectivity index (χ3n) is 2.53. The van der Waals surface area contributed by atoms with E-state index >= 15 is 0 Å². The van der Waals surface area contributed by atoms with Gasteiger partial charge in [0.2, 0.25) is 15.9 Å². The van der Waals surface area contributed by atoms with Crippen molar-refractivity contribution in [3.05, 3.63) is 29.8 Å². The second-order valence-corrected chi connectivity index (χ2v) is 6.85. The Morgan fingerprint density at radius 1 is 1.29 bits per heavy atom. The first-order valence-electron chi connectivity index (χ1n) is 6.27. The van der Waals surface area contributed by atoms with Gasteiger partial charge in [-0.05, 0) is 38.1 Å². The van der Waals surface area contributed by atoms with Crippen molar-refractivity contribution >= 4 is 15.9 Å². The Labute approximate surface area is 125 Å². The molecule has 0 unspecified atom stereocenters. The van der Waals surface area contributed by atoms with Crippen LogP contribution in [0.2, 0.25) is 0 Å². The van der Waals surface area contributed by atoms with Crippen molar-refractivity contribution in [2.45, 2.75) is 30.7 Å². The van der Waals surface area contributed by atoms with E-state index in [9.17, 15) is 13.2 Å². The van der Waals surface area contributed by atoms with Gasteiger partial charge in [0.1, 0.15) is 0 Å². The summed E-state index contributed by atoms with van der Waals surface area (Å²) in [5, 5.41) is 0. The monoisotopic (exact) mass is 309 g/mol. The summed E-state index contributed by atoms with van der Waals surface area (Å²) in [5.41, 5.74) is 10.1. The third kappa shape index (κ3) is 5.55. The number of sulfonamides is 1. The van der Waals surface area contributed by atoms with Gasteiger partial charge in [0.25, 0.3) is 0 Å². The predicted molar refractivity (Wildman–Crippen MR) is 80.6 cm³/mol. The summed E-state index contributed by atoms with van der Waals surface area (Å²) in [6.07, 6.45) is -0.0910. The van der Waals surface area contributed by atoms with Crippen molar-refractivity contribution in [1.82, 2.24) is 4.72 Å². The van der Waals surface area contributed by atoms with Crippen LogP contribution >= 0.6 is 0 Å². The van der Waals surface area contributed by atoms with Gasteiger partial charge >= 0.3 is 0 Å². The van der Waals surface area contributed by atoms with E-state index in [1.165, 1.54) is 12.1 Å². The standard InChI is InChI=1S/C14H19N3O3S/c1-14(2,10-13(16)18)17-21(19,20)12-7-5-11(6-8-12)4-3-9-15/h5-8,17H,9-10,15H2,1-2H3,(H2,16,18). The van der Waals surface area contributed by atoms with Crippen LogP contribution in [0.1, 0.15) is 25.8 Å². The number of rotatable bonds is 5. The maximum Gasteiger partial charge on any atom is 0.241 e. The summed E-state index contributed by atoms with van der Waals surface area (Å²) in [6, 6.07) is 6.09. The summed E-state index contributed by atoms with van der Waals surface area (Å²) < 4.78 is 26.9. The highest BCUT2D eigenvalue weighted by atomic mass is 32.2. The first-order valence-corrected chi connectivity index (χ1v) is 7.76. The fraction of sp³-hybridized carbons (Fsp3) is 0.357. The molecule has 114 valence electrons. The Morgan fingerprint density at radius 2 is 1.86 bits per heavy atom. The van der Waals surface area contributed by atoms with Crippen LogP contribution in [-0.4, -0.2) is 26.4 Å². The van der Waals surface area contributed by atoms with Crippen LogP contribution in [-0.2, 0) is 14.8 Å². The summed E-state index contributed by atoms with van der Waals surface area (Å²) in [5.74, 6) is 4.92. The van der Waals surface area contributed by atoms with Crippen LogP contribution in [0.3, 0.4) is 0 Å². The largest absolute Gasteiger partial charge is 0.370 e. The van der Waals surface area contributed by atoms with Crippen molar-refractivity contribution in [2.24, 2.45) is 11.5 Å². The van der Waals surface area contributed by atoms with Crippen molar-refractivity contribution in [3.8, 4) is 11.8 Å². The number of amides is 1. The Morgan fingerprint density at radius 3 is 2.33 bits per heavy atom. The molecule has 0 bridgehead atoms. The summed E-state index contributed by atoms with van der Waals surface area (Å²) in [7, 11) is -3.73. The maximum atomic E-state index is 12.2. The number of carbonyl (C=O) groups is 1. The highest BCUT2D eigenvalue weighted by Gasteiger charge is 2.27. The van der Waals surface area contributed by atoms with Crippen LogP contribution in [0.4, 0.5) is 0 Å². The van der Waals surface area contributed by atoms with E-state index in [0.29, 0.717) is 5.56 Å². The fourth-order valence-electron chi connectivity index (χ4n) is 1.76. The molecule has 7 heteroatoms. The van der Waals surface area contributed by atoms with E-state index in [4.69, 9.17) is 11.5 Å². The van der Waals surface area contributed by atoms with E-state index in [0.717, 1.165) is 0 Å². The smallest absolute Gasteiger partial charge is 0.241 e. The Balaban J connectivity index is 2.95. The molecule has 0 aliphatic heterocycles. The average Bonchev–Trinajstić information content (AvgIpc) is 2.33. The van der Waals surface area contributed by atoms with Crippen LogP contribution < -0.4 is 16.2 Å². The summed E-state index contributed by atoms with van der Waals surface area (Å²) in [4.78, 5) is 11.0. The van der Waals surface area contributed by atoms with Crippen molar-refractivity contribution in [2.75, 3.05) is 6.54 Å². The third-order valence-corrected chi connectivity index (χ3v) is 4.24. The molecular formula is C14H19N3O3S. The number of nitrogens with two attached hydrogens (primary N) is 2. The van der Waals surface area contributed by atoms with E-state index in [1.807, 2.05) is 0 Å². The number of primary amides is 1. The average molecular weight is 309 g/mol. The van der Waals surface area contributed by atoms with Crippen LogP contribution in [0.25, 0.3) is 0 Å². The first-order chi connectivity index (χ1) is 9.66. The molecule has 21 heavy (non-hydrogen) atoms. The van der Waals surface area contributed by atoms with Gasteiger partial charge in [0, 0.05) is 17.5 Å². The fourth-order valence-corrected chi connectivity index (χ4v) is 3.18. The molecule has 0 fully saturated rings. The molecule has 0 spiro atoms. The van der Waals surface area contributed by atoms with Gasteiger partial charge in [0.15, 0.2) is 0 Å². The van der Waals surface area contributed by atoms with Gasteiger partial charge in [-0.15, -0.1) is 0 Å². The molecule has 0 aliphatic rings. The molecule has 1 aromatic carbocycles. The summed E-state index contributed by atoms with van der Waals surface area (Å²) in [6.45, 7) is 3.43. The van der Waals surface area contributed by atoms with Gasteiger partial charge in [0.05, 0.1) is 11.4 Å². The van der Waals surface area contributed by atoms with E-state index < -0.39 is 21.5 Å². The topological polar surface area (TPSA) is 115 Å². The first kappa shape index (κ1) is 17.2. The van der Waals surface area contributed by atoms with Crippen LogP contribution in [0.5, 0.6) is 0 Å². The minimum Gasteiger partial charge on any atom is -0.370 e. The molecule has 1 amide bonds. The Hall–Kier alpha value is -1.88. The molecule has 1 aromatic rings. The molecule has 0 saturated carbocycles. The van der Waals surface area contributed by atoms with Crippen LogP contribution in [0, 0.1) is 11.8 Å². The van der Waals surface area contributed by atoms with Crippen molar-refractivity contribution in [3.63, 3.8) is 0 Å². The molecule has 0 aliphatic carbocycles. The number of hydrogen-bond donors (Lipinski definition) is 3. The zero-order valence-corrected chi connectivity index (χ0v) is 12.8. The van der Waals surface area contributed by atoms with Gasteiger partial charge in [-0.1, -0.05) is 11.8 Å². The van der Waals surface area contributed by atoms with E-state index in [1.54, 1.807) is 26.0 Å². The Kier molecular flexibility index (Phi) is 5.49. The second kappa shape index (κ2) is 6.72. The van der Waals surface area contributed by atoms with E-state index in [2.05, 4.69) is 16.6 Å². The van der Waals surface area contributed by atoms with Gasteiger partial charge in [-0.25, -0.2) is 13.1 Å². The van der Waals surface area contributed by atoms with E-state index in [-0.39, 0.29) is 17.9 Å². The lowest BCUT2D eigenvalue weighted by Crippen LogP contribution is -2.45. The van der Waals surface area contributed by atoms with Crippen LogP contribution in [0.15, 0.2) is 29.2 Å². The van der Waals surface area contributed by atoms with Crippen molar-refractivity contribution < 1.29 is 13.2 Å². The number of nitrogens with one attached hydrogen (secondary N) is 1. The molecule has 1 rings (SSSR count). The zero-order valence-electron chi connectivity index (χ0n) is 12.0. The number of carbonyl (C=O) groups excluding carboxylic acids is 1. The molecule has 6 nitrogen and oxygen atoms in total. The van der Waals surface area contributed by atoms with Crippen molar-refractivity contribution in [1.29, 1.82) is 0 Å². The minimum absolute atomic E-state index is 0.0910. The zero-order chi connectivity index (χ0) is 16.1. The molecular weight excluding hydrogens is 290 g/mol. The minimum atomic E-state index is -3.73. The van der Waals surface area contributed by atoms with Gasteiger partial charge in [-0.3, -0.25) is 4.79 Å². The number of benzene rings is 1. The predicted octanol–water partition coefficient (Wildman–Crippen LogP) is -0.0709. The second-order valence-electron chi connectivity index (χ2n) is 5.16. The summed E-state index contributed by atoms with van der Waals surface area (Å²) >= 11 is 0. The highest BCUT2D eigenvalue weighted by Crippen LogP contribution is 2.16. The lowest BCUT2D eigenvalue weighted by Gasteiger charge is -2.24. The maximum absolute atomic E-state index is 12.2. The lowest BCUT2D eigenvalue weighted by molar-refractivity contribution is -0.119. The lowest BCUT2D eigenvalue weighted by atomic mass is 10.0. The molecule has 0 radical (unpaired) electrons. The Bertz CT molecular complexity index is 668. The van der Waals surface area contributed by atoms with Gasteiger partial charge in [-0.2, -0.15) is 0 Å². The molecule has 5 N–H and O–H groups in total. The molecule has 0 atom stereocenters. The SMILES string of the molecule is CC(C)(CC(N)=O)NS(=O)(=O)c1ccc(C#CCN)cc1. The molecule has 0 aromatic heterocycles. The molecule has 0 heterocycles. The number of hydrogen-bond acceptors (Lipinski definition) is 4.